The summed E-state index contributed by atoms with van der Waals surface area (Å²) >= 11 is 0. The lowest BCUT2D eigenvalue weighted by Crippen LogP contribution is -2.18. The Labute approximate surface area is 111 Å². The van der Waals surface area contributed by atoms with Crippen LogP contribution in [-0.4, -0.2) is 29.3 Å². The lowest BCUT2D eigenvalue weighted by Gasteiger charge is -2.10. The van der Waals surface area contributed by atoms with E-state index in [-0.39, 0.29) is 0 Å². The molecule has 2 aliphatic rings. The molecule has 2 aliphatic carbocycles. The molecule has 0 saturated heterocycles. The van der Waals surface area contributed by atoms with E-state index in [2.05, 4.69) is 9.47 Å². The molecule has 0 bridgehead atoms. The molecular weight excluding hydrogens is 268 g/mol. The normalized spacial score (nSPS) is 17.8. The predicted octanol–water partition coefficient (Wildman–Crippen LogP) is 0.323. The van der Waals surface area contributed by atoms with Crippen LogP contribution < -0.4 is 0 Å². The number of ketones is 4. The van der Waals surface area contributed by atoms with Gasteiger partial charge >= 0.3 is 6.16 Å². The number of hydrogen-bond acceptors (Lipinski definition) is 7. The highest BCUT2D eigenvalue weighted by Crippen LogP contribution is 2.12. The second-order valence-electron chi connectivity index (χ2n) is 3.67. The van der Waals surface area contributed by atoms with Gasteiger partial charge in [0.15, 0.2) is 23.1 Å². The highest BCUT2D eigenvalue weighted by atomic mass is 16.7. The van der Waals surface area contributed by atoms with Crippen LogP contribution in [0.5, 0.6) is 0 Å². The van der Waals surface area contributed by atoms with Gasteiger partial charge in [0.1, 0.15) is 0 Å². The zero-order chi connectivity index (χ0) is 14.7. The van der Waals surface area contributed by atoms with Crippen molar-refractivity contribution in [2.45, 2.75) is 0 Å². The third kappa shape index (κ3) is 3.02. The van der Waals surface area contributed by atoms with Crippen LogP contribution in [-0.2, 0) is 28.7 Å². The minimum absolute atomic E-state index is 0.520. The molecule has 2 rings (SSSR count). The highest BCUT2D eigenvalue weighted by Gasteiger charge is 2.23. The lowest BCUT2D eigenvalue weighted by atomic mass is 10.1. The quantitative estimate of drug-likeness (QED) is 0.527. The van der Waals surface area contributed by atoms with Crippen molar-refractivity contribution in [1.29, 1.82) is 0 Å². The maximum absolute atomic E-state index is 11.4. The molecule has 0 radical (unpaired) electrons. The minimum Gasteiger partial charge on any atom is -0.390 e. The van der Waals surface area contributed by atoms with Crippen molar-refractivity contribution in [2.75, 3.05) is 0 Å². The molecule has 0 aromatic carbocycles. The third-order valence-corrected chi connectivity index (χ3v) is 2.22. The van der Waals surface area contributed by atoms with Crippen LogP contribution in [0.4, 0.5) is 4.79 Å². The second kappa shape index (κ2) is 5.27. The summed E-state index contributed by atoms with van der Waals surface area (Å²) in [7, 11) is 0. The zero-order valence-corrected chi connectivity index (χ0v) is 9.82. The van der Waals surface area contributed by atoms with Crippen molar-refractivity contribution in [2.24, 2.45) is 0 Å². The van der Waals surface area contributed by atoms with Gasteiger partial charge in [0.25, 0.3) is 0 Å². The van der Waals surface area contributed by atoms with Crippen molar-refractivity contribution >= 4 is 29.3 Å². The zero-order valence-electron chi connectivity index (χ0n) is 9.82. The van der Waals surface area contributed by atoms with Gasteiger partial charge in [0, 0.05) is 12.2 Å². The van der Waals surface area contributed by atoms with Crippen LogP contribution in [0.3, 0.4) is 0 Å². The van der Waals surface area contributed by atoms with Gasteiger partial charge in [-0.1, -0.05) is 0 Å². The van der Waals surface area contributed by atoms with E-state index in [9.17, 15) is 24.0 Å². The molecular formula is C13H6O7. The topological polar surface area (TPSA) is 104 Å². The molecule has 0 aromatic rings. The highest BCUT2D eigenvalue weighted by molar-refractivity contribution is 6.18. The monoisotopic (exact) mass is 274 g/mol. The van der Waals surface area contributed by atoms with E-state index >= 15 is 0 Å². The number of ether oxygens (including phenoxy) is 2. The lowest BCUT2D eigenvalue weighted by molar-refractivity contribution is -0.117. The number of rotatable bonds is 2. The van der Waals surface area contributed by atoms with Crippen molar-refractivity contribution in [1.82, 2.24) is 0 Å². The van der Waals surface area contributed by atoms with E-state index in [1.807, 2.05) is 0 Å². The van der Waals surface area contributed by atoms with E-state index in [1.165, 1.54) is 0 Å². The van der Waals surface area contributed by atoms with Crippen LogP contribution in [0.15, 0.2) is 48.0 Å². The standard InChI is InChI=1S/C13H6O7/c14-7-1-3-9(16)11(5-7)19-13(18)20-12-6-8(15)2-4-10(12)17/h1-6H. The predicted molar refractivity (Wildman–Crippen MR) is 62.0 cm³/mol. The maximum atomic E-state index is 11.4. The van der Waals surface area contributed by atoms with Gasteiger partial charge in [-0.3, -0.25) is 19.2 Å². The van der Waals surface area contributed by atoms with E-state index < -0.39 is 40.8 Å². The van der Waals surface area contributed by atoms with Gasteiger partial charge in [-0.15, -0.1) is 0 Å². The first-order chi connectivity index (χ1) is 9.45. The molecule has 20 heavy (non-hydrogen) atoms. The first-order valence-corrected chi connectivity index (χ1v) is 5.31. The fraction of sp³-hybridized carbons (Fsp3) is 0. The molecule has 7 nitrogen and oxygen atoms in total. The molecule has 0 fully saturated rings. The molecule has 0 atom stereocenters. The smallest absolute Gasteiger partial charge is 0.390 e. The Kier molecular flexibility index (Phi) is 3.52. The fourth-order valence-corrected chi connectivity index (χ4v) is 1.34. The summed E-state index contributed by atoms with van der Waals surface area (Å²) in [5.41, 5.74) is 0. The molecule has 7 heteroatoms. The average molecular weight is 274 g/mol. The van der Waals surface area contributed by atoms with Gasteiger partial charge in [0.05, 0.1) is 0 Å². The summed E-state index contributed by atoms with van der Waals surface area (Å²) < 4.78 is 9.02. The summed E-state index contributed by atoms with van der Waals surface area (Å²) in [4.78, 5) is 56.0. The Hall–Kier alpha value is -3.09. The van der Waals surface area contributed by atoms with Crippen LogP contribution in [0.2, 0.25) is 0 Å². The molecule has 0 amide bonds. The molecule has 100 valence electrons. The summed E-state index contributed by atoms with van der Waals surface area (Å²) in [6.45, 7) is 0. The van der Waals surface area contributed by atoms with E-state index in [0.717, 1.165) is 36.5 Å². The Balaban J connectivity index is 2.03. The Morgan fingerprint density at radius 1 is 0.700 bits per heavy atom. The number of hydrogen-bond donors (Lipinski definition) is 0. The van der Waals surface area contributed by atoms with E-state index in [4.69, 9.17) is 0 Å². The molecule has 0 unspecified atom stereocenters. The van der Waals surface area contributed by atoms with E-state index in [1.54, 1.807) is 0 Å². The maximum Gasteiger partial charge on any atom is 0.519 e. The second-order valence-corrected chi connectivity index (χ2v) is 3.67. The van der Waals surface area contributed by atoms with Crippen LogP contribution in [0, 0.1) is 0 Å². The molecule has 0 heterocycles. The van der Waals surface area contributed by atoms with Gasteiger partial charge in [-0.25, -0.2) is 4.79 Å². The number of carbonyl (C=O) groups excluding carboxylic acids is 5. The van der Waals surface area contributed by atoms with Crippen molar-refractivity contribution in [3.05, 3.63) is 48.0 Å². The summed E-state index contributed by atoms with van der Waals surface area (Å²) in [5, 5.41) is 0. The van der Waals surface area contributed by atoms with Crippen molar-refractivity contribution in [3.8, 4) is 0 Å². The van der Waals surface area contributed by atoms with Crippen LogP contribution >= 0.6 is 0 Å². The summed E-state index contributed by atoms with van der Waals surface area (Å²) in [6, 6.07) is 0. The SMILES string of the molecule is O=C1C=CC(=O)C(OC(=O)OC2=CC(=O)C=CC2=O)=C1. The largest absolute Gasteiger partial charge is 0.519 e. The number of carbonyl (C=O) groups is 5. The Bertz CT molecular complexity index is 602. The number of allylic oxidation sites excluding steroid dienone is 6. The third-order valence-electron chi connectivity index (χ3n) is 2.22. The molecule has 0 spiro atoms. The average Bonchev–Trinajstić information content (AvgIpc) is 2.38. The Morgan fingerprint density at radius 3 is 1.50 bits per heavy atom. The fourth-order valence-electron chi connectivity index (χ4n) is 1.34. The Morgan fingerprint density at radius 2 is 1.10 bits per heavy atom. The molecule has 0 N–H and O–H groups in total. The first-order valence-electron chi connectivity index (χ1n) is 5.31. The summed E-state index contributed by atoms with van der Waals surface area (Å²) in [5.74, 6) is -3.48. The molecule has 0 aromatic heterocycles. The summed E-state index contributed by atoms with van der Waals surface area (Å²) in [6.07, 6.45) is 4.12. The van der Waals surface area contributed by atoms with Crippen molar-refractivity contribution < 1.29 is 33.4 Å². The van der Waals surface area contributed by atoms with Gasteiger partial charge < -0.3 is 9.47 Å². The van der Waals surface area contributed by atoms with Gasteiger partial charge in [-0.2, -0.15) is 0 Å². The first kappa shape index (κ1) is 13.3. The van der Waals surface area contributed by atoms with E-state index in [0.29, 0.717) is 0 Å². The van der Waals surface area contributed by atoms with Gasteiger partial charge in [-0.05, 0) is 24.3 Å². The minimum atomic E-state index is -1.39. The van der Waals surface area contributed by atoms with Crippen LogP contribution in [0.1, 0.15) is 0 Å². The van der Waals surface area contributed by atoms with Crippen LogP contribution in [0.25, 0.3) is 0 Å². The molecule has 0 aliphatic heterocycles. The van der Waals surface area contributed by atoms with Gasteiger partial charge in [0.2, 0.25) is 11.6 Å². The molecule has 0 saturated carbocycles. The van der Waals surface area contributed by atoms with Crippen molar-refractivity contribution in [3.63, 3.8) is 0 Å².